The number of anilines is 1. The fourth-order valence-electron chi connectivity index (χ4n) is 1.17. The second kappa shape index (κ2) is 5.29. The summed E-state index contributed by atoms with van der Waals surface area (Å²) in [6.07, 6.45) is -0.509. The molecular formula is C12H14N2O2. The Balaban J connectivity index is 2.89. The number of nitrogens with zero attached hydrogens (tertiary/aromatic N) is 1. The summed E-state index contributed by atoms with van der Waals surface area (Å²) in [4.78, 5) is 11.6. The van der Waals surface area contributed by atoms with Crippen LogP contribution in [0.5, 0.6) is 0 Å². The van der Waals surface area contributed by atoms with E-state index in [-0.39, 0.29) is 5.91 Å². The predicted molar refractivity (Wildman–Crippen MR) is 61.0 cm³/mol. The molecule has 0 aliphatic heterocycles. The van der Waals surface area contributed by atoms with Crippen LogP contribution in [0.3, 0.4) is 0 Å². The molecule has 0 saturated carbocycles. The highest BCUT2D eigenvalue weighted by Gasteiger charge is 2.12. The highest BCUT2D eigenvalue weighted by molar-refractivity contribution is 5.94. The number of aryl methyl sites for hydroxylation is 1. The molecule has 0 radical (unpaired) electrons. The van der Waals surface area contributed by atoms with Crippen LogP contribution in [0.25, 0.3) is 0 Å². The van der Waals surface area contributed by atoms with Crippen molar-refractivity contribution < 1.29 is 9.53 Å². The number of ether oxygens (including phenoxy) is 1. The van der Waals surface area contributed by atoms with Crippen LogP contribution in [0.2, 0.25) is 0 Å². The van der Waals surface area contributed by atoms with Crippen molar-refractivity contribution in [2.45, 2.75) is 20.0 Å². The van der Waals surface area contributed by atoms with E-state index in [1.54, 1.807) is 25.1 Å². The van der Waals surface area contributed by atoms with E-state index in [4.69, 9.17) is 10.00 Å². The van der Waals surface area contributed by atoms with Crippen LogP contribution < -0.4 is 5.32 Å². The van der Waals surface area contributed by atoms with E-state index >= 15 is 0 Å². The van der Waals surface area contributed by atoms with E-state index in [0.29, 0.717) is 11.3 Å². The maximum absolute atomic E-state index is 11.6. The standard InChI is InChI=1S/C12H14N2O2/c1-8-4-5-10(7-13)6-11(8)14-12(15)9(2)16-3/h4-6,9H,1-3H3,(H,14,15). The Morgan fingerprint density at radius 3 is 2.81 bits per heavy atom. The van der Waals surface area contributed by atoms with E-state index in [1.165, 1.54) is 7.11 Å². The first-order valence-corrected chi connectivity index (χ1v) is 4.93. The van der Waals surface area contributed by atoms with Crippen molar-refractivity contribution in [2.75, 3.05) is 12.4 Å². The normalized spacial score (nSPS) is 11.6. The van der Waals surface area contributed by atoms with Crippen molar-refractivity contribution in [3.63, 3.8) is 0 Å². The lowest BCUT2D eigenvalue weighted by molar-refractivity contribution is -0.124. The summed E-state index contributed by atoms with van der Waals surface area (Å²) in [6.45, 7) is 3.53. The molecule has 0 heterocycles. The molecule has 0 spiro atoms. The Morgan fingerprint density at radius 2 is 2.25 bits per heavy atom. The number of methoxy groups -OCH3 is 1. The van der Waals surface area contributed by atoms with Gasteiger partial charge in [-0.1, -0.05) is 6.07 Å². The van der Waals surface area contributed by atoms with Gasteiger partial charge in [-0.2, -0.15) is 5.26 Å². The van der Waals surface area contributed by atoms with Gasteiger partial charge in [0.15, 0.2) is 0 Å². The van der Waals surface area contributed by atoms with Gasteiger partial charge in [0.1, 0.15) is 6.10 Å². The van der Waals surface area contributed by atoms with Gasteiger partial charge < -0.3 is 10.1 Å². The molecule has 4 nitrogen and oxygen atoms in total. The van der Waals surface area contributed by atoms with E-state index in [0.717, 1.165) is 5.56 Å². The summed E-state index contributed by atoms with van der Waals surface area (Å²) in [5.74, 6) is -0.222. The molecule has 1 atom stereocenters. The van der Waals surface area contributed by atoms with Gasteiger partial charge >= 0.3 is 0 Å². The maximum atomic E-state index is 11.6. The van der Waals surface area contributed by atoms with Crippen molar-refractivity contribution in [3.8, 4) is 6.07 Å². The number of hydrogen-bond acceptors (Lipinski definition) is 3. The third kappa shape index (κ3) is 2.81. The molecular weight excluding hydrogens is 204 g/mol. The lowest BCUT2D eigenvalue weighted by Crippen LogP contribution is -2.26. The van der Waals surface area contributed by atoms with Crippen LogP contribution in [0.15, 0.2) is 18.2 Å². The van der Waals surface area contributed by atoms with Gasteiger partial charge in [-0.05, 0) is 31.5 Å². The molecule has 4 heteroatoms. The first-order chi connectivity index (χ1) is 7.58. The first kappa shape index (κ1) is 12.2. The number of rotatable bonds is 3. The minimum Gasteiger partial charge on any atom is -0.372 e. The lowest BCUT2D eigenvalue weighted by Gasteiger charge is -2.12. The maximum Gasteiger partial charge on any atom is 0.253 e. The number of amides is 1. The van der Waals surface area contributed by atoms with Gasteiger partial charge in [0.05, 0.1) is 11.6 Å². The number of carbonyl (C=O) groups excluding carboxylic acids is 1. The molecule has 0 saturated heterocycles. The van der Waals surface area contributed by atoms with E-state index in [2.05, 4.69) is 5.32 Å². The minimum atomic E-state index is -0.509. The topological polar surface area (TPSA) is 62.1 Å². The number of nitrogens with one attached hydrogen (secondary N) is 1. The molecule has 1 rings (SSSR count). The zero-order valence-electron chi connectivity index (χ0n) is 9.57. The van der Waals surface area contributed by atoms with E-state index < -0.39 is 6.10 Å². The summed E-state index contributed by atoms with van der Waals surface area (Å²) >= 11 is 0. The third-order valence-corrected chi connectivity index (χ3v) is 2.35. The molecule has 1 amide bonds. The highest BCUT2D eigenvalue weighted by Crippen LogP contribution is 2.16. The fourth-order valence-corrected chi connectivity index (χ4v) is 1.17. The van der Waals surface area contributed by atoms with Crippen molar-refractivity contribution in [1.82, 2.24) is 0 Å². The van der Waals surface area contributed by atoms with E-state index in [9.17, 15) is 4.79 Å². The Labute approximate surface area is 94.8 Å². The fraction of sp³-hybridized carbons (Fsp3) is 0.333. The monoisotopic (exact) mass is 218 g/mol. The van der Waals surface area contributed by atoms with Gasteiger partial charge in [-0.25, -0.2) is 0 Å². The Hall–Kier alpha value is -1.86. The molecule has 0 bridgehead atoms. The number of hydrogen-bond donors (Lipinski definition) is 1. The van der Waals surface area contributed by atoms with Crippen LogP contribution >= 0.6 is 0 Å². The highest BCUT2D eigenvalue weighted by atomic mass is 16.5. The average molecular weight is 218 g/mol. The molecule has 1 aromatic rings. The molecule has 0 aromatic heterocycles. The van der Waals surface area contributed by atoms with Crippen molar-refractivity contribution in [1.29, 1.82) is 5.26 Å². The third-order valence-electron chi connectivity index (χ3n) is 2.35. The lowest BCUT2D eigenvalue weighted by atomic mass is 10.1. The smallest absolute Gasteiger partial charge is 0.253 e. The Kier molecular flexibility index (Phi) is 4.03. The quantitative estimate of drug-likeness (QED) is 0.842. The Bertz CT molecular complexity index is 435. The van der Waals surface area contributed by atoms with Gasteiger partial charge in [0.25, 0.3) is 5.91 Å². The van der Waals surface area contributed by atoms with Crippen LogP contribution in [-0.2, 0) is 9.53 Å². The molecule has 1 N–H and O–H groups in total. The molecule has 16 heavy (non-hydrogen) atoms. The number of carbonyl (C=O) groups is 1. The van der Waals surface area contributed by atoms with Gasteiger partial charge in [0, 0.05) is 12.8 Å². The molecule has 84 valence electrons. The zero-order valence-corrected chi connectivity index (χ0v) is 9.57. The van der Waals surface area contributed by atoms with Crippen LogP contribution in [0.1, 0.15) is 18.1 Å². The first-order valence-electron chi connectivity index (χ1n) is 4.93. The largest absolute Gasteiger partial charge is 0.372 e. The average Bonchev–Trinajstić information content (AvgIpc) is 2.30. The number of benzene rings is 1. The van der Waals surface area contributed by atoms with Crippen LogP contribution in [0, 0.1) is 18.3 Å². The SMILES string of the molecule is COC(C)C(=O)Nc1cc(C#N)ccc1C. The van der Waals surface area contributed by atoms with Crippen molar-refractivity contribution in [3.05, 3.63) is 29.3 Å². The summed E-state index contributed by atoms with van der Waals surface area (Å²) in [6, 6.07) is 7.19. The van der Waals surface area contributed by atoms with Gasteiger partial charge in [-0.3, -0.25) is 4.79 Å². The Morgan fingerprint density at radius 1 is 1.56 bits per heavy atom. The van der Waals surface area contributed by atoms with Crippen LogP contribution in [0.4, 0.5) is 5.69 Å². The summed E-state index contributed by atoms with van der Waals surface area (Å²) in [5, 5.41) is 11.5. The number of nitriles is 1. The molecule has 0 fully saturated rings. The minimum absolute atomic E-state index is 0.222. The van der Waals surface area contributed by atoms with Crippen LogP contribution in [-0.4, -0.2) is 19.1 Å². The summed E-state index contributed by atoms with van der Waals surface area (Å²) in [5.41, 5.74) is 2.08. The molecule has 1 aromatic carbocycles. The zero-order chi connectivity index (χ0) is 12.1. The van der Waals surface area contributed by atoms with Crippen molar-refractivity contribution >= 4 is 11.6 Å². The van der Waals surface area contributed by atoms with Crippen molar-refractivity contribution in [2.24, 2.45) is 0 Å². The van der Waals surface area contributed by atoms with Gasteiger partial charge in [0.2, 0.25) is 0 Å². The summed E-state index contributed by atoms with van der Waals surface area (Å²) < 4.78 is 4.90. The van der Waals surface area contributed by atoms with Gasteiger partial charge in [-0.15, -0.1) is 0 Å². The molecule has 1 unspecified atom stereocenters. The molecule has 0 aliphatic rings. The second-order valence-electron chi connectivity index (χ2n) is 3.51. The summed E-state index contributed by atoms with van der Waals surface area (Å²) in [7, 11) is 1.48. The second-order valence-corrected chi connectivity index (χ2v) is 3.51. The molecule has 0 aliphatic carbocycles. The van der Waals surface area contributed by atoms with E-state index in [1.807, 2.05) is 13.0 Å². The predicted octanol–water partition coefficient (Wildman–Crippen LogP) is 1.84.